The highest BCUT2D eigenvalue weighted by Crippen LogP contribution is 2.33. The molecule has 31 heavy (non-hydrogen) atoms. The highest BCUT2D eigenvalue weighted by atomic mass is 16.2. The summed E-state index contributed by atoms with van der Waals surface area (Å²) in [4.78, 5) is 56.2. The molecule has 8 nitrogen and oxygen atoms in total. The van der Waals surface area contributed by atoms with E-state index < -0.39 is 5.54 Å². The third kappa shape index (κ3) is 4.08. The number of urea groups is 1. The molecule has 0 unspecified atom stereocenters. The number of carbonyl (C=O) groups is 4. The predicted molar refractivity (Wildman–Crippen MR) is 115 cm³/mol. The van der Waals surface area contributed by atoms with E-state index >= 15 is 0 Å². The van der Waals surface area contributed by atoms with Gasteiger partial charge in [0.1, 0.15) is 5.54 Å². The summed E-state index contributed by atoms with van der Waals surface area (Å²) in [6.45, 7) is 5.90. The van der Waals surface area contributed by atoms with Crippen LogP contribution < -0.4 is 5.32 Å². The minimum atomic E-state index is -0.883. The second kappa shape index (κ2) is 8.63. The zero-order valence-corrected chi connectivity index (χ0v) is 18.6. The number of carbonyl (C=O) groups excluding carboxylic acids is 4. The van der Waals surface area contributed by atoms with Crippen LogP contribution in [-0.2, 0) is 14.4 Å². The van der Waals surface area contributed by atoms with Crippen molar-refractivity contribution in [3.8, 4) is 0 Å². The first-order valence-electron chi connectivity index (χ1n) is 11.7. The summed E-state index contributed by atoms with van der Waals surface area (Å²) in [7, 11) is 0. The first kappa shape index (κ1) is 21.8. The van der Waals surface area contributed by atoms with E-state index in [0.717, 1.165) is 19.3 Å². The average Bonchev–Trinajstić information content (AvgIpc) is 3.03. The van der Waals surface area contributed by atoms with Gasteiger partial charge in [-0.25, -0.2) is 4.79 Å². The Labute approximate surface area is 184 Å². The lowest BCUT2D eigenvalue weighted by molar-refractivity contribution is -0.142. The van der Waals surface area contributed by atoms with Crippen molar-refractivity contribution in [2.45, 2.75) is 70.4 Å². The Morgan fingerprint density at radius 2 is 1.68 bits per heavy atom. The molecule has 3 heterocycles. The van der Waals surface area contributed by atoms with E-state index in [0.29, 0.717) is 51.9 Å². The normalized spacial score (nSPS) is 26.7. The lowest BCUT2D eigenvalue weighted by Crippen LogP contribution is -2.57. The second-order valence-corrected chi connectivity index (χ2v) is 9.71. The molecule has 0 bridgehead atoms. The van der Waals surface area contributed by atoms with Crippen molar-refractivity contribution in [1.29, 1.82) is 0 Å². The molecule has 4 rings (SSSR count). The predicted octanol–water partition coefficient (Wildman–Crippen LogP) is 1.90. The first-order chi connectivity index (χ1) is 14.8. The van der Waals surface area contributed by atoms with E-state index in [4.69, 9.17) is 0 Å². The zero-order valence-electron chi connectivity index (χ0n) is 18.6. The van der Waals surface area contributed by atoms with Gasteiger partial charge in [0.15, 0.2) is 0 Å². The van der Waals surface area contributed by atoms with E-state index in [9.17, 15) is 19.2 Å². The summed E-state index contributed by atoms with van der Waals surface area (Å²) in [5, 5.41) is 2.95. The number of imide groups is 1. The van der Waals surface area contributed by atoms with Gasteiger partial charge in [-0.1, -0.05) is 26.0 Å². The van der Waals surface area contributed by atoms with Crippen molar-refractivity contribution in [2.24, 2.45) is 11.8 Å². The maximum Gasteiger partial charge on any atom is 0.325 e. The monoisotopic (exact) mass is 430 g/mol. The van der Waals surface area contributed by atoms with Crippen molar-refractivity contribution in [3.63, 3.8) is 0 Å². The van der Waals surface area contributed by atoms with E-state index in [1.165, 1.54) is 4.90 Å². The third-order valence-corrected chi connectivity index (χ3v) is 7.38. The zero-order chi connectivity index (χ0) is 22.2. The Bertz CT molecular complexity index is 776. The minimum absolute atomic E-state index is 0.0697. The molecule has 3 saturated heterocycles. The van der Waals surface area contributed by atoms with Crippen molar-refractivity contribution in [3.05, 3.63) is 12.2 Å². The summed E-state index contributed by atoms with van der Waals surface area (Å²) in [6, 6.07) is -0.492. The van der Waals surface area contributed by atoms with Gasteiger partial charge in [0, 0.05) is 44.1 Å². The Hall–Kier alpha value is -2.38. The van der Waals surface area contributed by atoms with Gasteiger partial charge in [-0.2, -0.15) is 0 Å². The number of likely N-dealkylation sites (tertiary alicyclic amines) is 2. The van der Waals surface area contributed by atoms with Gasteiger partial charge in [0.25, 0.3) is 5.91 Å². The molecule has 1 N–H and O–H groups in total. The number of piperidine rings is 2. The molecule has 1 atom stereocenters. The summed E-state index contributed by atoms with van der Waals surface area (Å²) in [5.74, 6) is 0.140. The Morgan fingerprint density at radius 1 is 1.00 bits per heavy atom. The van der Waals surface area contributed by atoms with E-state index in [-0.39, 0.29) is 41.6 Å². The maximum atomic E-state index is 13.3. The van der Waals surface area contributed by atoms with Crippen molar-refractivity contribution < 1.29 is 19.2 Å². The van der Waals surface area contributed by atoms with Crippen LogP contribution in [0.1, 0.15) is 58.8 Å². The topological polar surface area (TPSA) is 90.0 Å². The molecule has 0 aromatic heterocycles. The van der Waals surface area contributed by atoms with E-state index in [1.54, 1.807) is 4.90 Å². The standard InChI is InChI=1S/C23H34N4O4/c1-16(2)19(28)26-14-10-23(11-15-26)21(30)27(22(31)24-23)18-8-12-25(13-9-18)20(29)17-6-4-3-5-7-17/h3-4,16-18H,5-15H2,1-2H3,(H,24,31)/t17-/m1/s1. The molecule has 0 aromatic rings. The van der Waals surface area contributed by atoms with Crippen molar-refractivity contribution in [1.82, 2.24) is 20.0 Å². The van der Waals surface area contributed by atoms with Gasteiger partial charge in [-0.05, 0) is 44.9 Å². The third-order valence-electron chi connectivity index (χ3n) is 7.38. The van der Waals surface area contributed by atoms with Gasteiger partial charge in [0.2, 0.25) is 11.8 Å². The molecule has 5 amide bonds. The second-order valence-electron chi connectivity index (χ2n) is 9.71. The molecule has 0 saturated carbocycles. The molecule has 0 radical (unpaired) electrons. The largest absolute Gasteiger partial charge is 0.342 e. The lowest BCUT2D eigenvalue weighted by atomic mass is 9.86. The molecule has 1 spiro atoms. The van der Waals surface area contributed by atoms with Crippen LogP contribution in [0.4, 0.5) is 4.79 Å². The van der Waals surface area contributed by atoms with Gasteiger partial charge < -0.3 is 15.1 Å². The number of nitrogens with zero attached hydrogens (tertiary/aromatic N) is 3. The van der Waals surface area contributed by atoms with E-state index in [1.807, 2.05) is 18.7 Å². The van der Waals surface area contributed by atoms with Crippen LogP contribution in [0.25, 0.3) is 0 Å². The molecule has 170 valence electrons. The van der Waals surface area contributed by atoms with Crippen LogP contribution in [0, 0.1) is 11.8 Å². The highest BCUT2D eigenvalue weighted by Gasteiger charge is 2.54. The Morgan fingerprint density at radius 3 is 2.26 bits per heavy atom. The van der Waals surface area contributed by atoms with Crippen LogP contribution in [0.5, 0.6) is 0 Å². The molecular weight excluding hydrogens is 396 g/mol. The lowest BCUT2D eigenvalue weighted by Gasteiger charge is -2.39. The fourth-order valence-corrected chi connectivity index (χ4v) is 5.41. The Kier molecular flexibility index (Phi) is 6.08. The smallest absolute Gasteiger partial charge is 0.325 e. The molecular formula is C23H34N4O4. The average molecular weight is 431 g/mol. The van der Waals surface area contributed by atoms with Crippen molar-refractivity contribution in [2.75, 3.05) is 26.2 Å². The number of hydrogen-bond donors (Lipinski definition) is 1. The quantitative estimate of drug-likeness (QED) is 0.547. The van der Waals surface area contributed by atoms with Gasteiger partial charge in [-0.3, -0.25) is 19.3 Å². The fraction of sp³-hybridized carbons (Fsp3) is 0.739. The van der Waals surface area contributed by atoms with Crippen LogP contribution in [0.15, 0.2) is 12.2 Å². The number of allylic oxidation sites excluding steroid dienone is 2. The summed E-state index contributed by atoms with van der Waals surface area (Å²) >= 11 is 0. The number of hydrogen-bond acceptors (Lipinski definition) is 4. The van der Waals surface area contributed by atoms with Crippen LogP contribution in [0.3, 0.4) is 0 Å². The Balaban J connectivity index is 1.34. The van der Waals surface area contributed by atoms with Crippen LogP contribution >= 0.6 is 0 Å². The van der Waals surface area contributed by atoms with Crippen molar-refractivity contribution >= 4 is 23.8 Å². The minimum Gasteiger partial charge on any atom is -0.342 e. The van der Waals surface area contributed by atoms with E-state index in [2.05, 4.69) is 17.5 Å². The molecule has 4 aliphatic rings. The van der Waals surface area contributed by atoms with Crippen LogP contribution in [0.2, 0.25) is 0 Å². The highest BCUT2D eigenvalue weighted by molar-refractivity contribution is 6.07. The number of amides is 5. The molecule has 8 heteroatoms. The summed E-state index contributed by atoms with van der Waals surface area (Å²) in [5.41, 5.74) is -0.883. The van der Waals surface area contributed by atoms with Gasteiger partial charge in [0.05, 0.1) is 0 Å². The SMILES string of the molecule is CC(C)C(=O)N1CCC2(CC1)NC(=O)N(C1CCN(C(=O)[C@@H]3CC=CCC3)CC1)C2=O. The number of nitrogens with one attached hydrogen (secondary N) is 1. The molecule has 1 aliphatic carbocycles. The molecule has 3 aliphatic heterocycles. The maximum absolute atomic E-state index is 13.3. The van der Waals surface area contributed by atoms with Crippen LogP contribution in [-0.4, -0.2) is 76.2 Å². The van der Waals surface area contributed by atoms with Gasteiger partial charge in [-0.15, -0.1) is 0 Å². The summed E-state index contributed by atoms with van der Waals surface area (Å²) in [6.07, 6.45) is 9.06. The number of rotatable bonds is 3. The molecule has 3 fully saturated rings. The van der Waals surface area contributed by atoms with Gasteiger partial charge >= 0.3 is 6.03 Å². The fourth-order valence-electron chi connectivity index (χ4n) is 5.41. The summed E-state index contributed by atoms with van der Waals surface area (Å²) < 4.78 is 0. The molecule has 0 aromatic carbocycles. The first-order valence-corrected chi connectivity index (χ1v) is 11.7.